The standard InChI is InChI=1S/C17H29NO3/c1-5-6-7-14-12-17(13-20-14)8-10-18(11-9-17)15(19)21-16(2,3)4/h5,14H,1,6-13H2,2-4H3. The van der Waals surface area contributed by atoms with Gasteiger partial charge in [0.05, 0.1) is 12.7 Å². The highest BCUT2D eigenvalue weighted by atomic mass is 16.6. The largest absolute Gasteiger partial charge is 0.444 e. The maximum Gasteiger partial charge on any atom is 0.410 e. The number of rotatable bonds is 3. The van der Waals surface area contributed by atoms with E-state index >= 15 is 0 Å². The number of carbonyl (C=O) groups excluding carboxylic acids is 1. The van der Waals surface area contributed by atoms with Crippen molar-refractivity contribution in [2.24, 2.45) is 5.41 Å². The average Bonchev–Trinajstić information content (AvgIpc) is 2.78. The molecule has 0 radical (unpaired) electrons. The highest BCUT2D eigenvalue weighted by Crippen LogP contribution is 2.43. The Bertz CT molecular complexity index is 378. The van der Waals surface area contributed by atoms with Crippen LogP contribution in [0.4, 0.5) is 4.79 Å². The van der Waals surface area contributed by atoms with E-state index in [0.717, 1.165) is 51.8 Å². The van der Waals surface area contributed by atoms with Crippen molar-refractivity contribution in [1.82, 2.24) is 4.90 Å². The molecule has 2 aliphatic rings. The number of likely N-dealkylation sites (tertiary alicyclic amines) is 1. The summed E-state index contributed by atoms with van der Waals surface area (Å²) in [6, 6.07) is 0. The summed E-state index contributed by atoms with van der Waals surface area (Å²) in [5.74, 6) is 0. The van der Waals surface area contributed by atoms with E-state index in [-0.39, 0.29) is 11.5 Å². The number of hydrogen-bond donors (Lipinski definition) is 0. The van der Waals surface area contributed by atoms with Gasteiger partial charge in [-0.05, 0) is 58.3 Å². The quantitative estimate of drug-likeness (QED) is 0.744. The van der Waals surface area contributed by atoms with Crippen LogP contribution in [0.25, 0.3) is 0 Å². The first-order valence-electron chi connectivity index (χ1n) is 8.04. The number of carbonyl (C=O) groups is 1. The van der Waals surface area contributed by atoms with Crippen LogP contribution in [0.3, 0.4) is 0 Å². The average molecular weight is 295 g/mol. The molecule has 1 atom stereocenters. The van der Waals surface area contributed by atoms with E-state index in [4.69, 9.17) is 9.47 Å². The van der Waals surface area contributed by atoms with E-state index in [1.165, 1.54) is 0 Å². The molecule has 0 N–H and O–H groups in total. The van der Waals surface area contributed by atoms with Gasteiger partial charge in [-0.15, -0.1) is 6.58 Å². The fraction of sp³-hybridized carbons (Fsp3) is 0.824. The van der Waals surface area contributed by atoms with E-state index in [0.29, 0.717) is 6.10 Å². The van der Waals surface area contributed by atoms with Gasteiger partial charge in [0.2, 0.25) is 0 Å². The smallest absolute Gasteiger partial charge is 0.410 e. The first-order valence-corrected chi connectivity index (χ1v) is 8.04. The van der Waals surface area contributed by atoms with E-state index in [9.17, 15) is 4.79 Å². The Kier molecular flexibility index (Phi) is 4.97. The van der Waals surface area contributed by atoms with Crippen LogP contribution in [0.5, 0.6) is 0 Å². The van der Waals surface area contributed by atoms with Gasteiger partial charge in [-0.2, -0.15) is 0 Å². The third-order valence-electron chi connectivity index (χ3n) is 4.45. The zero-order valence-corrected chi connectivity index (χ0v) is 13.7. The molecule has 120 valence electrons. The van der Waals surface area contributed by atoms with E-state index in [1.807, 2.05) is 31.7 Å². The van der Waals surface area contributed by atoms with Crippen molar-refractivity contribution in [3.8, 4) is 0 Å². The number of allylic oxidation sites excluding steroid dienone is 1. The molecule has 0 aromatic carbocycles. The minimum atomic E-state index is -0.418. The molecular formula is C17H29NO3. The zero-order chi connectivity index (χ0) is 15.5. The minimum absolute atomic E-state index is 0.181. The van der Waals surface area contributed by atoms with Crippen molar-refractivity contribution >= 4 is 6.09 Å². The Labute approximate surface area is 128 Å². The molecule has 0 aromatic heterocycles. The Morgan fingerprint density at radius 2 is 2.10 bits per heavy atom. The molecule has 1 spiro atoms. The fourth-order valence-corrected chi connectivity index (χ4v) is 3.22. The highest BCUT2D eigenvalue weighted by molar-refractivity contribution is 5.68. The van der Waals surface area contributed by atoms with Crippen LogP contribution in [0.1, 0.15) is 52.9 Å². The molecule has 2 heterocycles. The molecular weight excluding hydrogens is 266 g/mol. The zero-order valence-electron chi connectivity index (χ0n) is 13.7. The lowest BCUT2D eigenvalue weighted by molar-refractivity contribution is 0.00780. The van der Waals surface area contributed by atoms with Crippen LogP contribution in [-0.4, -0.2) is 42.4 Å². The van der Waals surface area contributed by atoms with Crippen molar-refractivity contribution < 1.29 is 14.3 Å². The number of amides is 1. The minimum Gasteiger partial charge on any atom is -0.444 e. The summed E-state index contributed by atoms with van der Waals surface area (Å²) in [6.07, 6.45) is 7.41. The maximum atomic E-state index is 12.1. The van der Waals surface area contributed by atoms with Crippen LogP contribution in [0.2, 0.25) is 0 Å². The SMILES string of the molecule is C=CCCC1CC2(CCN(C(=O)OC(C)(C)C)CC2)CO1. The third kappa shape index (κ3) is 4.47. The van der Waals surface area contributed by atoms with Gasteiger partial charge < -0.3 is 14.4 Å². The predicted octanol–water partition coefficient (Wildman–Crippen LogP) is 3.76. The summed E-state index contributed by atoms with van der Waals surface area (Å²) in [6.45, 7) is 11.9. The van der Waals surface area contributed by atoms with Crippen LogP contribution in [-0.2, 0) is 9.47 Å². The third-order valence-corrected chi connectivity index (χ3v) is 4.45. The molecule has 0 aromatic rings. The van der Waals surface area contributed by atoms with E-state index in [1.54, 1.807) is 0 Å². The van der Waals surface area contributed by atoms with Gasteiger partial charge in [-0.25, -0.2) is 4.79 Å². The Balaban J connectivity index is 1.81. The van der Waals surface area contributed by atoms with Gasteiger partial charge in [0.25, 0.3) is 0 Å². The van der Waals surface area contributed by atoms with Crippen LogP contribution < -0.4 is 0 Å². The molecule has 0 bridgehead atoms. The van der Waals surface area contributed by atoms with Crippen molar-refractivity contribution in [3.63, 3.8) is 0 Å². The first-order chi connectivity index (χ1) is 9.84. The van der Waals surface area contributed by atoms with Crippen molar-refractivity contribution in [3.05, 3.63) is 12.7 Å². The van der Waals surface area contributed by atoms with Gasteiger partial charge in [-0.3, -0.25) is 0 Å². The Hall–Kier alpha value is -1.03. The normalized spacial score (nSPS) is 25.1. The molecule has 1 unspecified atom stereocenters. The topological polar surface area (TPSA) is 38.8 Å². The number of piperidine rings is 1. The number of hydrogen-bond acceptors (Lipinski definition) is 3. The summed E-state index contributed by atoms with van der Waals surface area (Å²) < 4.78 is 11.4. The summed E-state index contributed by atoms with van der Waals surface area (Å²) in [7, 11) is 0. The van der Waals surface area contributed by atoms with Gasteiger partial charge in [-0.1, -0.05) is 6.08 Å². The Morgan fingerprint density at radius 1 is 1.43 bits per heavy atom. The van der Waals surface area contributed by atoms with Gasteiger partial charge >= 0.3 is 6.09 Å². The second-order valence-corrected chi connectivity index (χ2v) is 7.47. The second kappa shape index (κ2) is 6.39. The monoisotopic (exact) mass is 295 g/mol. The van der Waals surface area contributed by atoms with Crippen molar-refractivity contribution in [1.29, 1.82) is 0 Å². The predicted molar refractivity (Wildman–Crippen MR) is 83.3 cm³/mol. The second-order valence-electron chi connectivity index (χ2n) is 7.47. The molecule has 2 saturated heterocycles. The van der Waals surface area contributed by atoms with Gasteiger partial charge in [0.15, 0.2) is 0 Å². The fourth-order valence-electron chi connectivity index (χ4n) is 3.22. The van der Waals surface area contributed by atoms with Crippen molar-refractivity contribution in [2.45, 2.75) is 64.6 Å². The van der Waals surface area contributed by atoms with Crippen LogP contribution in [0, 0.1) is 5.41 Å². The summed E-state index contributed by atoms with van der Waals surface area (Å²) in [5.41, 5.74) is -0.136. The lowest BCUT2D eigenvalue weighted by Crippen LogP contribution is -2.45. The molecule has 0 saturated carbocycles. The summed E-state index contributed by atoms with van der Waals surface area (Å²) in [4.78, 5) is 13.9. The molecule has 2 aliphatic heterocycles. The molecule has 2 rings (SSSR count). The summed E-state index contributed by atoms with van der Waals surface area (Å²) in [5, 5.41) is 0. The highest BCUT2D eigenvalue weighted by Gasteiger charge is 2.43. The number of ether oxygens (including phenoxy) is 2. The van der Waals surface area contributed by atoms with E-state index in [2.05, 4.69) is 6.58 Å². The molecule has 0 aliphatic carbocycles. The maximum absolute atomic E-state index is 12.1. The number of nitrogens with zero attached hydrogens (tertiary/aromatic N) is 1. The Morgan fingerprint density at radius 3 is 2.67 bits per heavy atom. The van der Waals surface area contributed by atoms with Crippen molar-refractivity contribution in [2.75, 3.05) is 19.7 Å². The molecule has 21 heavy (non-hydrogen) atoms. The molecule has 4 nitrogen and oxygen atoms in total. The molecule has 2 fully saturated rings. The lowest BCUT2D eigenvalue weighted by Gasteiger charge is -2.38. The van der Waals surface area contributed by atoms with Gasteiger partial charge in [0.1, 0.15) is 5.60 Å². The summed E-state index contributed by atoms with van der Waals surface area (Å²) >= 11 is 0. The molecule has 4 heteroatoms. The van der Waals surface area contributed by atoms with Crippen LogP contribution in [0.15, 0.2) is 12.7 Å². The van der Waals surface area contributed by atoms with E-state index < -0.39 is 5.60 Å². The van der Waals surface area contributed by atoms with Gasteiger partial charge in [0, 0.05) is 13.1 Å². The van der Waals surface area contributed by atoms with Crippen LogP contribution >= 0.6 is 0 Å². The first kappa shape index (κ1) is 16.3. The lowest BCUT2D eigenvalue weighted by atomic mass is 9.76. The molecule has 1 amide bonds.